The Balaban J connectivity index is 1.39. The number of aromatic nitrogens is 1. The zero-order valence-corrected chi connectivity index (χ0v) is 24.1. The second kappa shape index (κ2) is 14.2. The van der Waals surface area contributed by atoms with E-state index in [9.17, 15) is 22.8 Å². The first kappa shape index (κ1) is 30.7. The molecule has 4 aromatic rings. The van der Waals surface area contributed by atoms with Crippen molar-refractivity contribution in [2.24, 2.45) is 0 Å². The van der Waals surface area contributed by atoms with E-state index in [1.165, 1.54) is 29.2 Å². The maximum absolute atomic E-state index is 14.2. The first-order valence-electron chi connectivity index (χ1n) is 14.4. The minimum absolute atomic E-state index is 0.131. The van der Waals surface area contributed by atoms with E-state index >= 15 is 0 Å². The molecule has 228 valence electrons. The number of alkyl halides is 3. The molecule has 0 radical (unpaired) electrons. The molecule has 3 heterocycles. The van der Waals surface area contributed by atoms with E-state index in [0.29, 0.717) is 44.7 Å². The average Bonchev–Trinajstić information content (AvgIpc) is 3.55. The standard InChI is InChI=1S/C34H33F3N4O3/c35-34(36,37)29-13-10-26(11-14-29)12-15-32(42)41(24-28-8-4-16-38-23-28)31(22-27-6-2-1-3-7-27)33(43)40-19-17-39(18-20-40)25-30-9-5-21-44-30/h1-16,21,23,31H,17-20,22,24-25H2/b15-12+/t31-/m0/s1. The molecule has 5 rings (SSSR count). The largest absolute Gasteiger partial charge is 0.468 e. The number of furan rings is 1. The molecule has 0 aliphatic carbocycles. The van der Waals surface area contributed by atoms with Crippen molar-refractivity contribution in [3.63, 3.8) is 0 Å². The molecule has 0 spiro atoms. The SMILES string of the molecule is O=C([C@H](Cc1ccccc1)N(Cc1cccnc1)C(=O)/C=C/c1ccc(C(F)(F)F)cc1)N1CCN(Cc2ccco2)CC1. The van der Waals surface area contributed by atoms with Crippen LogP contribution in [0.5, 0.6) is 0 Å². The van der Waals surface area contributed by atoms with Crippen molar-refractivity contribution >= 4 is 17.9 Å². The smallest absolute Gasteiger partial charge is 0.416 e. The third kappa shape index (κ3) is 8.23. The number of halogens is 3. The van der Waals surface area contributed by atoms with Crippen LogP contribution >= 0.6 is 0 Å². The van der Waals surface area contributed by atoms with Crippen LogP contribution in [0.3, 0.4) is 0 Å². The van der Waals surface area contributed by atoms with Crippen LogP contribution < -0.4 is 0 Å². The minimum Gasteiger partial charge on any atom is -0.468 e. The van der Waals surface area contributed by atoms with Gasteiger partial charge in [0.05, 0.1) is 18.4 Å². The van der Waals surface area contributed by atoms with Crippen molar-refractivity contribution in [2.45, 2.75) is 31.7 Å². The van der Waals surface area contributed by atoms with Crippen molar-refractivity contribution in [2.75, 3.05) is 26.2 Å². The fourth-order valence-electron chi connectivity index (χ4n) is 5.20. The maximum Gasteiger partial charge on any atom is 0.416 e. The molecule has 0 N–H and O–H groups in total. The lowest BCUT2D eigenvalue weighted by molar-refractivity contribution is -0.145. The number of hydrogen-bond acceptors (Lipinski definition) is 5. The first-order valence-corrected chi connectivity index (χ1v) is 14.4. The Labute approximate surface area is 254 Å². The number of hydrogen-bond donors (Lipinski definition) is 0. The summed E-state index contributed by atoms with van der Waals surface area (Å²) >= 11 is 0. The normalized spacial score (nSPS) is 14.9. The zero-order valence-electron chi connectivity index (χ0n) is 24.1. The highest BCUT2D eigenvalue weighted by molar-refractivity contribution is 5.95. The van der Waals surface area contributed by atoms with E-state index < -0.39 is 23.7 Å². The Bertz CT molecular complexity index is 1520. The molecule has 2 aromatic carbocycles. The molecule has 1 atom stereocenters. The van der Waals surface area contributed by atoms with Crippen LogP contribution in [0, 0.1) is 0 Å². The van der Waals surface area contributed by atoms with Crippen molar-refractivity contribution in [1.29, 1.82) is 0 Å². The van der Waals surface area contributed by atoms with Gasteiger partial charge in [-0.1, -0.05) is 48.5 Å². The van der Waals surface area contributed by atoms with Gasteiger partial charge < -0.3 is 14.2 Å². The molecular weight excluding hydrogens is 569 g/mol. The quantitative estimate of drug-likeness (QED) is 0.218. The van der Waals surface area contributed by atoms with Gasteiger partial charge in [0.2, 0.25) is 11.8 Å². The molecule has 1 fully saturated rings. The Kier molecular flexibility index (Phi) is 9.91. The van der Waals surface area contributed by atoms with Gasteiger partial charge in [-0.3, -0.25) is 19.5 Å². The molecule has 1 aliphatic heterocycles. The van der Waals surface area contributed by atoms with Gasteiger partial charge in [-0.2, -0.15) is 13.2 Å². The number of nitrogens with zero attached hydrogens (tertiary/aromatic N) is 4. The Morgan fingerprint density at radius 3 is 2.27 bits per heavy atom. The summed E-state index contributed by atoms with van der Waals surface area (Å²) < 4.78 is 44.5. The fraction of sp³-hybridized carbons (Fsp3) is 0.265. The topological polar surface area (TPSA) is 69.9 Å². The number of benzene rings is 2. The van der Waals surface area contributed by atoms with E-state index in [4.69, 9.17) is 4.42 Å². The van der Waals surface area contributed by atoms with Gasteiger partial charge >= 0.3 is 6.18 Å². The van der Waals surface area contributed by atoms with Crippen LogP contribution in [0.25, 0.3) is 6.08 Å². The molecular formula is C34H33F3N4O3. The third-order valence-corrected chi connectivity index (χ3v) is 7.59. The van der Waals surface area contributed by atoms with E-state index in [-0.39, 0.29) is 12.5 Å². The van der Waals surface area contributed by atoms with Crippen LogP contribution in [-0.2, 0) is 35.3 Å². The van der Waals surface area contributed by atoms with E-state index in [2.05, 4.69) is 9.88 Å². The molecule has 2 aromatic heterocycles. The molecule has 2 amide bonds. The number of carbonyl (C=O) groups is 2. The number of rotatable bonds is 10. The zero-order chi connectivity index (χ0) is 30.9. The highest BCUT2D eigenvalue weighted by Gasteiger charge is 2.34. The lowest BCUT2D eigenvalue weighted by Gasteiger charge is -2.39. The summed E-state index contributed by atoms with van der Waals surface area (Å²) in [5, 5.41) is 0. The van der Waals surface area contributed by atoms with Crippen molar-refractivity contribution in [3.8, 4) is 0 Å². The molecule has 44 heavy (non-hydrogen) atoms. The Morgan fingerprint density at radius 2 is 1.64 bits per heavy atom. The molecule has 10 heteroatoms. The van der Waals surface area contributed by atoms with Gasteiger partial charge in [-0.05, 0) is 53.1 Å². The Hall–Kier alpha value is -4.70. The predicted octanol–water partition coefficient (Wildman–Crippen LogP) is 5.69. The van der Waals surface area contributed by atoms with Gasteiger partial charge in [-0.25, -0.2) is 0 Å². The summed E-state index contributed by atoms with van der Waals surface area (Å²) in [7, 11) is 0. The molecule has 0 bridgehead atoms. The minimum atomic E-state index is -4.45. The first-order chi connectivity index (χ1) is 21.3. The van der Waals surface area contributed by atoms with E-state index in [0.717, 1.165) is 29.0 Å². The Morgan fingerprint density at radius 1 is 0.909 bits per heavy atom. The maximum atomic E-state index is 14.2. The number of pyridine rings is 1. The molecule has 7 nitrogen and oxygen atoms in total. The van der Waals surface area contributed by atoms with Gasteiger partial charge in [0, 0.05) is 57.6 Å². The van der Waals surface area contributed by atoms with Crippen molar-refractivity contribution < 1.29 is 27.2 Å². The van der Waals surface area contributed by atoms with Crippen LogP contribution in [-0.4, -0.2) is 63.7 Å². The summed E-state index contributed by atoms with van der Waals surface area (Å²) in [6.45, 7) is 3.11. The molecule has 1 saturated heterocycles. The van der Waals surface area contributed by atoms with Crippen molar-refractivity contribution in [3.05, 3.63) is 132 Å². The number of piperazine rings is 1. The summed E-state index contributed by atoms with van der Waals surface area (Å²) in [4.78, 5) is 37.8. The van der Waals surface area contributed by atoms with Crippen LogP contribution in [0.1, 0.15) is 28.0 Å². The predicted molar refractivity (Wildman–Crippen MR) is 160 cm³/mol. The van der Waals surface area contributed by atoms with Gasteiger partial charge in [-0.15, -0.1) is 0 Å². The number of amides is 2. The summed E-state index contributed by atoms with van der Waals surface area (Å²) in [5.41, 5.74) is 1.32. The van der Waals surface area contributed by atoms with Crippen molar-refractivity contribution in [1.82, 2.24) is 19.7 Å². The molecule has 1 aliphatic rings. The highest BCUT2D eigenvalue weighted by Crippen LogP contribution is 2.29. The third-order valence-electron chi connectivity index (χ3n) is 7.59. The lowest BCUT2D eigenvalue weighted by Crippen LogP contribution is -2.56. The average molecular weight is 603 g/mol. The fourth-order valence-corrected chi connectivity index (χ4v) is 5.20. The van der Waals surface area contributed by atoms with E-state index in [1.807, 2.05) is 48.5 Å². The second-order valence-electron chi connectivity index (χ2n) is 10.7. The summed E-state index contributed by atoms with van der Waals surface area (Å²) in [6, 6.07) is 20.7. The van der Waals surface area contributed by atoms with Gasteiger partial charge in [0.1, 0.15) is 11.8 Å². The summed E-state index contributed by atoms with van der Waals surface area (Å²) in [5.74, 6) is 0.269. The monoisotopic (exact) mass is 602 g/mol. The molecule has 0 unspecified atom stereocenters. The van der Waals surface area contributed by atoms with Crippen LogP contribution in [0.15, 0.2) is 108 Å². The number of carbonyl (C=O) groups excluding carboxylic acids is 2. The summed E-state index contributed by atoms with van der Waals surface area (Å²) in [6.07, 6.45) is 3.55. The van der Waals surface area contributed by atoms with Crippen LogP contribution in [0.2, 0.25) is 0 Å². The highest BCUT2D eigenvalue weighted by atomic mass is 19.4. The van der Waals surface area contributed by atoms with Gasteiger partial charge in [0.15, 0.2) is 0 Å². The van der Waals surface area contributed by atoms with Gasteiger partial charge in [0.25, 0.3) is 0 Å². The second-order valence-corrected chi connectivity index (χ2v) is 10.7. The van der Waals surface area contributed by atoms with E-state index in [1.54, 1.807) is 29.6 Å². The van der Waals surface area contributed by atoms with Crippen LogP contribution in [0.4, 0.5) is 13.2 Å². The lowest BCUT2D eigenvalue weighted by atomic mass is 10.0. The molecule has 0 saturated carbocycles.